The van der Waals surface area contributed by atoms with Gasteiger partial charge in [0.25, 0.3) is 0 Å². The van der Waals surface area contributed by atoms with E-state index in [1.165, 1.54) is 5.56 Å². The van der Waals surface area contributed by atoms with Crippen LogP contribution in [-0.2, 0) is 10.1 Å². The Kier molecular flexibility index (Phi) is 4.23. The lowest BCUT2D eigenvalue weighted by molar-refractivity contribution is 0.570. The van der Waals surface area contributed by atoms with Crippen LogP contribution in [0.3, 0.4) is 0 Å². The summed E-state index contributed by atoms with van der Waals surface area (Å²) in [5.74, 6) is 0.977. The maximum Gasteiger partial charge on any atom is 0.136 e. The van der Waals surface area contributed by atoms with E-state index < -0.39 is 10.1 Å². The molecule has 0 fully saturated rings. The fourth-order valence-corrected chi connectivity index (χ4v) is 5.71. The lowest BCUT2D eigenvalue weighted by Gasteiger charge is -2.31. The van der Waals surface area contributed by atoms with Gasteiger partial charge in [0.05, 0.1) is 0 Å². The van der Waals surface area contributed by atoms with Crippen molar-refractivity contribution in [3.05, 3.63) is 60.2 Å². The highest BCUT2D eigenvalue weighted by molar-refractivity contribution is 14.1. The molecule has 0 aliphatic carbocycles. The molecule has 0 spiro atoms. The summed E-state index contributed by atoms with van der Waals surface area (Å²) >= 11 is 2.39. The van der Waals surface area contributed by atoms with Gasteiger partial charge in [0.15, 0.2) is 0 Å². The predicted molar refractivity (Wildman–Crippen MR) is 92.5 cm³/mol. The van der Waals surface area contributed by atoms with Gasteiger partial charge in [-0.1, -0.05) is 59.0 Å². The van der Waals surface area contributed by atoms with Crippen LogP contribution in [0.2, 0.25) is 0 Å². The van der Waals surface area contributed by atoms with Crippen molar-refractivity contribution in [1.82, 2.24) is 0 Å². The molecular weight excluding hydrogens is 381 g/mol. The van der Waals surface area contributed by atoms with Crippen molar-refractivity contribution >= 4 is 38.4 Å². The zero-order valence-corrected chi connectivity index (χ0v) is 14.0. The summed E-state index contributed by atoms with van der Waals surface area (Å²) in [5.41, 5.74) is 2.15. The van der Waals surface area contributed by atoms with Crippen LogP contribution in [0, 0.1) is 0 Å². The third-order valence-corrected chi connectivity index (χ3v) is 6.60. The molecule has 2 aromatic rings. The number of hydrogen-bond acceptors (Lipinski definition) is 2. The van der Waals surface area contributed by atoms with Gasteiger partial charge in [0.2, 0.25) is 0 Å². The number of benzene rings is 2. The van der Waals surface area contributed by atoms with Gasteiger partial charge in [0, 0.05) is 10.3 Å². The zero-order chi connectivity index (χ0) is 14.0. The summed E-state index contributed by atoms with van der Waals surface area (Å²) in [6.45, 7) is 0. The summed E-state index contributed by atoms with van der Waals surface area (Å²) in [6.07, 6.45) is 1.05. The molecule has 1 heterocycles. The molecule has 0 amide bonds. The molecule has 0 saturated carbocycles. The van der Waals surface area contributed by atoms with Gasteiger partial charge < -0.3 is 4.55 Å². The second kappa shape index (κ2) is 5.95. The van der Waals surface area contributed by atoms with Crippen molar-refractivity contribution in [2.45, 2.75) is 17.2 Å². The molecule has 3 rings (SSSR count). The Bertz CT molecular complexity index is 657. The number of halogens is 1. The molecule has 4 heteroatoms. The van der Waals surface area contributed by atoms with Gasteiger partial charge in [-0.3, -0.25) is 0 Å². The largest absolute Gasteiger partial charge is 0.626 e. The smallest absolute Gasteiger partial charge is 0.136 e. The predicted octanol–water partition coefficient (Wildman–Crippen LogP) is 4.77. The molecule has 1 aliphatic heterocycles. The van der Waals surface area contributed by atoms with E-state index in [0.717, 1.165) is 21.4 Å². The minimum absolute atomic E-state index is 0.341. The maximum absolute atomic E-state index is 13.3. The van der Waals surface area contributed by atoms with Crippen molar-refractivity contribution in [3.63, 3.8) is 0 Å². The number of alkyl halides is 1. The van der Waals surface area contributed by atoms with Crippen LogP contribution in [0.1, 0.15) is 17.9 Å². The van der Waals surface area contributed by atoms with Gasteiger partial charge in [-0.05, 0) is 40.3 Å². The van der Waals surface area contributed by atoms with E-state index in [1.807, 2.05) is 48.5 Å². The zero-order valence-electron chi connectivity index (χ0n) is 11.0. The van der Waals surface area contributed by atoms with Crippen LogP contribution >= 0.6 is 22.6 Å². The van der Waals surface area contributed by atoms with Crippen LogP contribution < -0.4 is 0 Å². The Balaban J connectivity index is 2.12. The summed E-state index contributed by atoms with van der Waals surface area (Å²) in [7, 11) is -2.33. The summed E-state index contributed by atoms with van der Waals surface area (Å²) in [6, 6.07) is 17.8. The lowest BCUT2D eigenvalue weighted by atomic mass is 9.97. The van der Waals surface area contributed by atoms with Gasteiger partial charge in [-0.25, -0.2) is 0 Å². The van der Waals surface area contributed by atoms with Crippen LogP contribution in [0.15, 0.2) is 63.9 Å². The second-order valence-corrected chi connectivity index (χ2v) is 8.29. The van der Waals surface area contributed by atoms with Crippen LogP contribution in [-0.4, -0.2) is 14.7 Å². The Hall–Kier alpha value is -0.720. The molecule has 0 N–H and O–H groups in total. The Morgan fingerprint density at radius 2 is 1.80 bits per heavy atom. The van der Waals surface area contributed by atoms with E-state index in [9.17, 15) is 4.55 Å². The fraction of sp³-hybridized carbons (Fsp3) is 0.250. The van der Waals surface area contributed by atoms with Crippen LogP contribution in [0.25, 0.3) is 0 Å². The van der Waals surface area contributed by atoms with E-state index in [4.69, 9.17) is 0 Å². The van der Waals surface area contributed by atoms with E-state index in [1.54, 1.807) is 0 Å². The molecule has 1 aliphatic rings. The Morgan fingerprint density at radius 1 is 1.10 bits per heavy atom. The van der Waals surface area contributed by atoms with Gasteiger partial charge in [-0.15, -0.1) is 4.36 Å². The number of rotatable bonds is 3. The monoisotopic (exact) mass is 397 g/mol. The molecule has 1 unspecified atom stereocenters. The van der Waals surface area contributed by atoms with Crippen molar-refractivity contribution in [1.29, 1.82) is 0 Å². The summed E-state index contributed by atoms with van der Waals surface area (Å²) in [5, 5.41) is 0. The van der Waals surface area contributed by atoms with Crippen molar-refractivity contribution in [2.24, 2.45) is 4.36 Å². The summed E-state index contributed by atoms with van der Waals surface area (Å²) in [4.78, 5) is 0.855. The van der Waals surface area contributed by atoms with Crippen LogP contribution in [0.5, 0.6) is 0 Å². The number of hydrogen-bond donors (Lipinski definition) is 0. The molecular formula is C16H16INOS. The molecule has 2 atom stereocenters. The highest BCUT2D eigenvalue weighted by Crippen LogP contribution is 2.41. The molecule has 0 radical (unpaired) electrons. The van der Waals surface area contributed by atoms with E-state index in [0.29, 0.717) is 11.7 Å². The third kappa shape index (κ3) is 2.69. The van der Waals surface area contributed by atoms with Crippen LogP contribution in [0.4, 0.5) is 5.69 Å². The topological polar surface area (TPSA) is 35.4 Å². The first-order valence-corrected chi connectivity index (χ1v) is 9.89. The van der Waals surface area contributed by atoms with E-state index in [2.05, 4.69) is 33.0 Å². The number of nitrogens with zero attached hydrogens (tertiary/aromatic N) is 1. The second-order valence-electron chi connectivity index (χ2n) is 4.94. The third-order valence-electron chi connectivity index (χ3n) is 3.62. The Morgan fingerprint density at radius 3 is 2.55 bits per heavy atom. The first kappa shape index (κ1) is 14.2. The highest BCUT2D eigenvalue weighted by Gasteiger charge is 2.31. The molecule has 2 aromatic carbocycles. The average Bonchev–Trinajstić information content (AvgIpc) is 2.48. The molecule has 0 aromatic heterocycles. The van der Waals surface area contributed by atoms with Crippen molar-refractivity contribution in [3.8, 4) is 0 Å². The SMILES string of the molecule is [O-][S+]1(c2ccccc2)=Nc2ccccc2[C@H](CCI)C1. The molecule has 2 nitrogen and oxygen atoms in total. The minimum atomic E-state index is -2.33. The maximum atomic E-state index is 13.3. The van der Waals surface area contributed by atoms with Gasteiger partial charge >= 0.3 is 0 Å². The van der Waals surface area contributed by atoms with E-state index in [-0.39, 0.29) is 0 Å². The fourth-order valence-electron chi connectivity index (χ4n) is 2.63. The molecule has 20 heavy (non-hydrogen) atoms. The molecule has 104 valence electrons. The van der Waals surface area contributed by atoms with Gasteiger partial charge in [-0.2, -0.15) is 0 Å². The quantitative estimate of drug-likeness (QED) is 0.418. The highest BCUT2D eigenvalue weighted by atomic mass is 127. The lowest BCUT2D eigenvalue weighted by Crippen LogP contribution is -2.25. The normalized spacial score (nSPS) is 24.8. The average molecular weight is 397 g/mol. The summed E-state index contributed by atoms with van der Waals surface area (Å²) < 4.78 is 19.0. The minimum Gasteiger partial charge on any atom is -0.626 e. The first-order chi connectivity index (χ1) is 9.73. The van der Waals surface area contributed by atoms with E-state index >= 15 is 0 Å². The van der Waals surface area contributed by atoms with Gasteiger partial charge in [0.1, 0.15) is 16.3 Å². The van der Waals surface area contributed by atoms with Crippen molar-refractivity contribution in [2.75, 3.05) is 10.2 Å². The molecule has 0 saturated heterocycles. The van der Waals surface area contributed by atoms with Crippen molar-refractivity contribution < 1.29 is 4.55 Å². The Labute approximate surface area is 134 Å². The first-order valence-electron chi connectivity index (χ1n) is 6.68. The number of fused-ring (bicyclic) bond motifs is 1. The molecule has 0 bridgehead atoms. The standard InChI is InChI=1S/C16H16INOS/c17-11-10-13-12-20(19,14-6-2-1-3-7-14)18-16-9-5-4-8-15(13)16/h1-9,13H,10-12H2/t13-,20?/m1/s1.